The third-order valence-electron chi connectivity index (χ3n) is 6.63. The number of benzene rings is 1. The van der Waals surface area contributed by atoms with Crippen LogP contribution < -0.4 is 21.1 Å². The van der Waals surface area contributed by atoms with Crippen LogP contribution in [0.2, 0.25) is 0 Å². The van der Waals surface area contributed by atoms with E-state index in [9.17, 15) is 9.90 Å². The number of nitrogen functional groups attached to an aromatic ring is 1. The zero-order valence-corrected chi connectivity index (χ0v) is 21.2. The molecule has 0 saturated carbocycles. The summed E-state index contributed by atoms with van der Waals surface area (Å²) in [5.74, 6) is 1.16. The molecule has 11 heteroatoms. The normalized spacial score (nSPS) is 15.7. The maximum Gasteiger partial charge on any atom is 0.251 e. The molecule has 4 rings (SSSR count). The standard InChI is InChI=1S/C25H36N8O3/c1-4-5-19(15-34)28-23-22-20(30-25(26)31-23)13-27-33(22)14-17-7-6-16(12-21(17)36-3)24(35)29-18-8-10-32(2)11-9-18/h6-7,12-13,18-19,34H,4-5,8-11,14-15H2,1-3H3,(H,29,35)(H3,26,28,30,31). The van der Waals surface area contributed by atoms with Crippen molar-refractivity contribution in [2.75, 3.05) is 44.9 Å². The van der Waals surface area contributed by atoms with Crippen molar-refractivity contribution < 1.29 is 14.6 Å². The number of carbonyl (C=O) groups is 1. The van der Waals surface area contributed by atoms with Gasteiger partial charge < -0.3 is 31.1 Å². The Bertz CT molecular complexity index is 1190. The highest BCUT2D eigenvalue weighted by Gasteiger charge is 2.21. The highest BCUT2D eigenvalue weighted by Crippen LogP contribution is 2.27. The second-order valence-electron chi connectivity index (χ2n) is 9.36. The summed E-state index contributed by atoms with van der Waals surface area (Å²) in [6, 6.07) is 5.48. The number of anilines is 2. The Balaban J connectivity index is 1.56. The van der Waals surface area contributed by atoms with E-state index in [1.807, 2.05) is 12.1 Å². The second kappa shape index (κ2) is 11.5. The van der Waals surface area contributed by atoms with Gasteiger partial charge in [-0.05, 0) is 51.5 Å². The predicted molar refractivity (Wildman–Crippen MR) is 139 cm³/mol. The van der Waals surface area contributed by atoms with Gasteiger partial charge in [0.2, 0.25) is 5.95 Å². The molecule has 194 valence electrons. The number of aliphatic hydroxyl groups is 1. The van der Waals surface area contributed by atoms with Gasteiger partial charge in [-0.15, -0.1) is 0 Å². The van der Waals surface area contributed by atoms with E-state index in [1.165, 1.54) is 0 Å². The van der Waals surface area contributed by atoms with E-state index in [0.717, 1.165) is 44.3 Å². The topological polar surface area (TPSA) is 143 Å². The Morgan fingerprint density at radius 2 is 2.08 bits per heavy atom. The lowest BCUT2D eigenvalue weighted by Crippen LogP contribution is -2.43. The van der Waals surface area contributed by atoms with Crippen LogP contribution in [0.4, 0.5) is 11.8 Å². The van der Waals surface area contributed by atoms with Crippen molar-refractivity contribution in [2.45, 2.75) is 51.2 Å². The molecular formula is C25H36N8O3. The van der Waals surface area contributed by atoms with Gasteiger partial charge in [0.15, 0.2) is 5.82 Å². The number of rotatable bonds is 10. The molecule has 1 fully saturated rings. The third-order valence-corrected chi connectivity index (χ3v) is 6.63. The first kappa shape index (κ1) is 25.6. The molecule has 2 aromatic heterocycles. The number of hydrogen-bond donors (Lipinski definition) is 4. The fourth-order valence-corrected chi connectivity index (χ4v) is 4.59. The van der Waals surface area contributed by atoms with Crippen molar-refractivity contribution in [3.05, 3.63) is 35.5 Å². The number of nitrogens with zero attached hydrogens (tertiary/aromatic N) is 5. The third kappa shape index (κ3) is 5.85. The average Bonchev–Trinajstić information content (AvgIpc) is 3.27. The molecule has 1 atom stereocenters. The Morgan fingerprint density at radius 3 is 2.78 bits per heavy atom. The Labute approximate surface area is 211 Å². The first-order valence-electron chi connectivity index (χ1n) is 12.4. The number of aromatic nitrogens is 4. The van der Waals surface area contributed by atoms with E-state index in [1.54, 1.807) is 24.1 Å². The molecular weight excluding hydrogens is 460 g/mol. The number of piperidine rings is 1. The van der Waals surface area contributed by atoms with Crippen LogP contribution in [0.5, 0.6) is 5.75 Å². The minimum Gasteiger partial charge on any atom is -0.496 e. The van der Waals surface area contributed by atoms with Gasteiger partial charge in [-0.3, -0.25) is 9.48 Å². The molecule has 1 aliphatic heterocycles. The van der Waals surface area contributed by atoms with Gasteiger partial charge in [0, 0.05) is 17.2 Å². The van der Waals surface area contributed by atoms with Crippen molar-refractivity contribution in [1.82, 2.24) is 30.0 Å². The van der Waals surface area contributed by atoms with Crippen LogP contribution in [0.25, 0.3) is 11.0 Å². The molecule has 3 heterocycles. The molecule has 36 heavy (non-hydrogen) atoms. The van der Waals surface area contributed by atoms with Crippen molar-refractivity contribution >= 4 is 28.7 Å². The molecule has 1 unspecified atom stereocenters. The van der Waals surface area contributed by atoms with Crippen LogP contribution in [-0.2, 0) is 6.54 Å². The zero-order chi connectivity index (χ0) is 25.7. The highest BCUT2D eigenvalue weighted by atomic mass is 16.5. The van der Waals surface area contributed by atoms with Crippen LogP contribution >= 0.6 is 0 Å². The first-order valence-corrected chi connectivity index (χ1v) is 12.4. The molecule has 0 spiro atoms. The summed E-state index contributed by atoms with van der Waals surface area (Å²) in [7, 11) is 3.69. The molecule has 11 nitrogen and oxygen atoms in total. The van der Waals surface area contributed by atoms with E-state index < -0.39 is 0 Å². The molecule has 1 amide bonds. The van der Waals surface area contributed by atoms with Gasteiger partial charge in [-0.1, -0.05) is 19.4 Å². The maximum atomic E-state index is 12.9. The van der Waals surface area contributed by atoms with Gasteiger partial charge in [-0.25, -0.2) is 4.98 Å². The smallest absolute Gasteiger partial charge is 0.251 e. The summed E-state index contributed by atoms with van der Waals surface area (Å²) in [5, 5.41) is 20.7. The number of likely N-dealkylation sites (tertiary alicyclic amines) is 1. The summed E-state index contributed by atoms with van der Waals surface area (Å²) in [5.41, 5.74) is 8.62. The van der Waals surface area contributed by atoms with Crippen LogP contribution in [0.15, 0.2) is 24.4 Å². The number of fused-ring (bicyclic) bond motifs is 1. The number of hydrogen-bond acceptors (Lipinski definition) is 9. The Morgan fingerprint density at radius 1 is 1.31 bits per heavy atom. The van der Waals surface area contributed by atoms with Crippen molar-refractivity contribution in [1.29, 1.82) is 0 Å². The monoisotopic (exact) mass is 496 g/mol. The van der Waals surface area contributed by atoms with Gasteiger partial charge in [0.1, 0.15) is 16.8 Å². The number of nitrogens with one attached hydrogen (secondary N) is 2. The Kier molecular flexibility index (Phi) is 8.21. The summed E-state index contributed by atoms with van der Waals surface area (Å²) in [4.78, 5) is 23.8. The highest BCUT2D eigenvalue weighted by molar-refractivity contribution is 5.95. The molecule has 1 saturated heterocycles. The molecule has 1 aliphatic rings. The van der Waals surface area contributed by atoms with Gasteiger partial charge in [0.25, 0.3) is 5.91 Å². The van der Waals surface area contributed by atoms with Crippen molar-refractivity contribution in [2.24, 2.45) is 0 Å². The quantitative estimate of drug-likeness (QED) is 0.331. The minimum atomic E-state index is -0.159. The van der Waals surface area contributed by atoms with Crippen molar-refractivity contribution in [3.8, 4) is 5.75 Å². The fraction of sp³-hybridized carbons (Fsp3) is 0.520. The van der Waals surface area contributed by atoms with E-state index in [2.05, 4.69) is 44.6 Å². The van der Waals surface area contributed by atoms with Crippen LogP contribution in [-0.4, -0.2) is 81.6 Å². The van der Waals surface area contributed by atoms with Crippen LogP contribution in [0.1, 0.15) is 48.5 Å². The maximum absolute atomic E-state index is 12.9. The molecule has 0 radical (unpaired) electrons. The number of carbonyl (C=O) groups excluding carboxylic acids is 1. The Hall–Kier alpha value is -3.44. The number of aliphatic hydroxyl groups excluding tert-OH is 1. The van der Waals surface area contributed by atoms with Crippen LogP contribution in [0.3, 0.4) is 0 Å². The summed E-state index contributed by atoms with van der Waals surface area (Å²) in [6.07, 6.45) is 5.23. The number of methoxy groups -OCH3 is 1. The van der Waals surface area contributed by atoms with Gasteiger partial charge in [-0.2, -0.15) is 10.1 Å². The SMILES string of the molecule is CCCC(CO)Nc1nc(N)nc2cnn(Cc3ccc(C(=O)NC4CCN(C)CC4)cc3OC)c12. The number of ether oxygens (including phenoxy) is 1. The van der Waals surface area contributed by atoms with E-state index in [-0.39, 0.29) is 30.5 Å². The predicted octanol–water partition coefficient (Wildman–Crippen LogP) is 1.86. The molecule has 5 N–H and O–H groups in total. The minimum absolute atomic E-state index is 0.0255. The lowest BCUT2D eigenvalue weighted by atomic mass is 10.0. The van der Waals surface area contributed by atoms with Gasteiger partial charge in [0.05, 0.1) is 32.5 Å². The molecule has 0 aliphatic carbocycles. The molecule has 0 bridgehead atoms. The lowest BCUT2D eigenvalue weighted by molar-refractivity contribution is 0.0916. The lowest BCUT2D eigenvalue weighted by Gasteiger charge is -2.29. The second-order valence-corrected chi connectivity index (χ2v) is 9.36. The first-order chi connectivity index (χ1) is 17.4. The van der Waals surface area contributed by atoms with Gasteiger partial charge >= 0.3 is 0 Å². The zero-order valence-electron chi connectivity index (χ0n) is 21.2. The summed E-state index contributed by atoms with van der Waals surface area (Å²) in [6.45, 7) is 4.37. The number of amides is 1. The largest absolute Gasteiger partial charge is 0.496 e. The van der Waals surface area contributed by atoms with E-state index in [0.29, 0.717) is 34.7 Å². The van der Waals surface area contributed by atoms with E-state index in [4.69, 9.17) is 10.5 Å². The molecule has 3 aromatic rings. The fourth-order valence-electron chi connectivity index (χ4n) is 4.59. The molecule has 1 aromatic carbocycles. The number of nitrogens with two attached hydrogens (primary N) is 1. The van der Waals surface area contributed by atoms with Crippen molar-refractivity contribution in [3.63, 3.8) is 0 Å². The summed E-state index contributed by atoms with van der Waals surface area (Å²) >= 11 is 0. The average molecular weight is 497 g/mol. The van der Waals surface area contributed by atoms with E-state index >= 15 is 0 Å². The summed E-state index contributed by atoms with van der Waals surface area (Å²) < 4.78 is 7.41. The van der Waals surface area contributed by atoms with Crippen LogP contribution in [0, 0.1) is 0 Å².